The van der Waals surface area contributed by atoms with Gasteiger partial charge in [0, 0.05) is 18.5 Å². The Morgan fingerprint density at radius 1 is 1.67 bits per heavy atom. The van der Waals surface area contributed by atoms with Crippen LogP contribution in [0, 0.1) is 6.92 Å². The van der Waals surface area contributed by atoms with Crippen LogP contribution in [0.2, 0.25) is 0 Å². The van der Waals surface area contributed by atoms with Crippen molar-refractivity contribution in [2.24, 2.45) is 0 Å². The number of nitrogens with zero attached hydrogens (tertiary/aromatic N) is 1. The second-order valence-electron chi connectivity index (χ2n) is 3.03. The zero-order chi connectivity index (χ0) is 11.3. The van der Waals surface area contributed by atoms with Gasteiger partial charge in [-0.3, -0.25) is 4.79 Å². The topological polar surface area (TPSA) is 29.5 Å². The minimum absolute atomic E-state index is 0.000991. The van der Waals surface area contributed by atoms with E-state index in [0.29, 0.717) is 13.2 Å². The summed E-state index contributed by atoms with van der Waals surface area (Å²) in [6.45, 7) is 3.04. The first kappa shape index (κ1) is 12.5. The monoisotopic (exact) mass is 247 g/mol. The summed E-state index contributed by atoms with van der Waals surface area (Å²) in [5.41, 5.74) is 0.933. The van der Waals surface area contributed by atoms with Crippen LogP contribution < -0.4 is 4.90 Å². The van der Waals surface area contributed by atoms with Crippen molar-refractivity contribution < 1.29 is 9.53 Å². The number of ether oxygens (including phenoxy) is 1. The third-order valence-corrected chi connectivity index (χ3v) is 3.12. The number of hydrogen-bond donors (Lipinski definition) is 0. The molecule has 0 aliphatic carbocycles. The number of hydrogen-bond acceptors (Lipinski definition) is 3. The quantitative estimate of drug-likeness (QED) is 0.747. The average Bonchev–Trinajstić information content (AvgIpc) is 2.65. The van der Waals surface area contributed by atoms with Gasteiger partial charge in [-0.2, -0.15) is 0 Å². The number of anilines is 1. The second-order valence-corrected chi connectivity index (χ2v) is 4.42. The minimum Gasteiger partial charge on any atom is -0.383 e. The molecule has 0 aromatic carbocycles. The van der Waals surface area contributed by atoms with E-state index in [1.165, 1.54) is 0 Å². The first-order chi connectivity index (χ1) is 7.20. The number of halogens is 1. The van der Waals surface area contributed by atoms with E-state index >= 15 is 0 Å². The first-order valence-electron chi connectivity index (χ1n) is 4.60. The maximum Gasteiger partial charge on any atom is 0.242 e. The number of thiophene rings is 1. The van der Waals surface area contributed by atoms with E-state index in [4.69, 9.17) is 16.3 Å². The molecule has 0 atom stereocenters. The van der Waals surface area contributed by atoms with E-state index in [-0.39, 0.29) is 11.8 Å². The maximum absolute atomic E-state index is 11.6. The molecule has 0 aliphatic heterocycles. The normalized spacial score (nSPS) is 10.3. The summed E-state index contributed by atoms with van der Waals surface area (Å²) in [5.74, 6) is -0.0888. The average molecular weight is 248 g/mol. The molecule has 15 heavy (non-hydrogen) atoms. The highest BCUT2D eigenvalue weighted by Gasteiger charge is 2.16. The van der Waals surface area contributed by atoms with Gasteiger partial charge in [-0.15, -0.1) is 22.9 Å². The van der Waals surface area contributed by atoms with Crippen molar-refractivity contribution in [3.8, 4) is 0 Å². The van der Waals surface area contributed by atoms with E-state index in [1.807, 2.05) is 18.4 Å². The molecule has 3 nitrogen and oxygen atoms in total. The van der Waals surface area contributed by atoms with Gasteiger partial charge in [0.1, 0.15) is 5.88 Å². The molecule has 0 radical (unpaired) electrons. The van der Waals surface area contributed by atoms with E-state index in [9.17, 15) is 4.79 Å². The predicted octanol–water partition coefficient (Wildman–Crippen LogP) is 2.27. The molecule has 5 heteroatoms. The molecule has 0 fully saturated rings. The van der Waals surface area contributed by atoms with Crippen molar-refractivity contribution in [3.63, 3.8) is 0 Å². The van der Waals surface area contributed by atoms with Crippen LogP contribution in [0.1, 0.15) is 4.88 Å². The summed E-state index contributed by atoms with van der Waals surface area (Å²) in [4.78, 5) is 14.4. The molecule has 84 valence electrons. The maximum atomic E-state index is 11.6. The molecule has 1 heterocycles. The van der Waals surface area contributed by atoms with Crippen molar-refractivity contribution in [2.75, 3.05) is 31.0 Å². The van der Waals surface area contributed by atoms with Crippen LogP contribution in [0.15, 0.2) is 11.4 Å². The zero-order valence-electron chi connectivity index (χ0n) is 8.83. The van der Waals surface area contributed by atoms with Crippen LogP contribution in [0.25, 0.3) is 0 Å². The lowest BCUT2D eigenvalue weighted by Gasteiger charge is -2.21. The highest BCUT2D eigenvalue weighted by molar-refractivity contribution is 7.10. The fraction of sp³-hybridized carbons (Fsp3) is 0.500. The molecule has 0 aliphatic rings. The lowest BCUT2D eigenvalue weighted by molar-refractivity contribution is -0.116. The number of rotatable bonds is 5. The van der Waals surface area contributed by atoms with Crippen molar-refractivity contribution in [1.29, 1.82) is 0 Å². The molecule has 1 amide bonds. The van der Waals surface area contributed by atoms with Crippen LogP contribution in [-0.4, -0.2) is 32.0 Å². The SMILES string of the molecule is COCCN(C(=O)CCl)c1ccsc1C. The standard InChI is InChI=1S/C10H14ClNO2S/c1-8-9(3-6-15-8)12(4-5-14-2)10(13)7-11/h3,6H,4-5,7H2,1-2H3. The van der Waals surface area contributed by atoms with Gasteiger partial charge in [0.2, 0.25) is 5.91 Å². The first-order valence-corrected chi connectivity index (χ1v) is 6.01. The lowest BCUT2D eigenvalue weighted by atomic mass is 10.3. The summed E-state index contributed by atoms with van der Waals surface area (Å²) < 4.78 is 4.97. The molecule has 0 saturated heterocycles. The Labute approximate surface area is 98.6 Å². The van der Waals surface area contributed by atoms with Crippen LogP contribution in [-0.2, 0) is 9.53 Å². The molecular formula is C10H14ClNO2S. The Morgan fingerprint density at radius 3 is 2.87 bits per heavy atom. The third-order valence-electron chi connectivity index (χ3n) is 2.06. The largest absolute Gasteiger partial charge is 0.383 e. The summed E-state index contributed by atoms with van der Waals surface area (Å²) in [5, 5.41) is 1.96. The number of amides is 1. The minimum atomic E-state index is -0.0878. The van der Waals surface area contributed by atoms with Gasteiger partial charge in [-0.05, 0) is 18.4 Å². The Balaban J connectivity index is 2.81. The van der Waals surface area contributed by atoms with Crippen molar-refractivity contribution in [3.05, 3.63) is 16.3 Å². The molecule has 1 aromatic rings. The number of carbonyl (C=O) groups excluding carboxylic acids is 1. The van der Waals surface area contributed by atoms with Gasteiger partial charge in [-0.1, -0.05) is 0 Å². The van der Waals surface area contributed by atoms with Gasteiger partial charge in [0.25, 0.3) is 0 Å². The highest BCUT2D eigenvalue weighted by Crippen LogP contribution is 2.25. The van der Waals surface area contributed by atoms with Gasteiger partial charge in [0.15, 0.2) is 0 Å². The van der Waals surface area contributed by atoms with Crippen molar-refractivity contribution in [2.45, 2.75) is 6.92 Å². The predicted molar refractivity (Wildman–Crippen MR) is 64.0 cm³/mol. The fourth-order valence-corrected chi connectivity index (χ4v) is 2.14. The van der Waals surface area contributed by atoms with E-state index in [1.54, 1.807) is 23.3 Å². The van der Waals surface area contributed by atoms with Gasteiger partial charge < -0.3 is 9.64 Å². The molecule has 0 unspecified atom stereocenters. The lowest BCUT2D eigenvalue weighted by Crippen LogP contribution is -2.34. The van der Waals surface area contributed by atoms with E-state index in [0.717, 1.165) is 10.6 Å². The van der Waals surface area contributed by atoms with Crippen molar-refractivity contribution >= 4 is 34.5 Å². The van der Waals surface area contributed by atoms with Crippen LogP contribution in [0.4, 0.5) is 5.69 Å². The molecular weight excluding hydrogens is 234 g/mol. The number of alkyl halides is 1. The number of aryl methyl sites for hydroxylation is 1. The van der Waals surface area contributed by atoms with Crippen LogP contribution in [0.3, 0.4) is 0 Å². The van der Waals surface area contributed by atoms with Crippen molar-refractivity contribution in [1.82, 2.24) is 0 Å². The molecule has 0 bridgehead atoms. The molecule has 0 saturated carbocycles. The van der Waals surface area contributed by atoms with Gasteiger partial charge >= 0.3 is 0 Å². The smallest absolute Gasteiger partial charge is 0.242 e. The molecule has 1 aromatic heterocycles. The number of carbonyl (C=O) groups is 1. The third kappa shape index (κ3) is 3.19. The number of methoxy groups -OCH3 is 1. The van der Waals surface area contributed by atoms with Crippen LogP contribution >= 0.6 is 22.9 Å². The summed E-state index contributed by atoms with van der Waals surface area (Å²) in [7, 11) is 1.61. The Kier molecular flexibility index (Phi) is 5.08. The van der Waals surface area contributed by atoms with E-state index in [2.05, 4.69) is 0 Å². The Hall–Kier alpha value is -0.580. The van der Waals surface area contributed by atoms with E-state index < -0.39 is 0 Å². The molecule has 0 N–H and O–H groups in total. The Morgan fingerprint density at radius 2 is 2.40 bits per heavy atom. The van der Waals surface area contributed by atoms with Crippen LogP contribution in [0.5, 0.6) is 0 Å². The molecule has 1 rings (SSSR count). The summed E-state index contributed by atoms with van der Waals surface area (Å²) in [6, 6.07) is 1.93. The fourth-order valence-electron chi connectivity index (χ4n) is 1.29. The highest BCUT2D eigenvalue weighted by atomic mass is 35.5. The van der Waals surface area contributed by atoms with Gasteiger partial charge in [0.05, 0.1) is 12.3 Å². The second kappa shape index (κ2) is 6.10. The van der Waals surface area contributed by atoms with Gasteiger partial charge in [-0.25, -0.2) is 0 Å². The molecule has 0 spiro atoms. The zero-order valence-corrected chi connectivity index (χ0v) is 10.4. The summed E-state index contributed by atoms with van der Waals surface area (Å²) in [6.07, 6.45) is 0. The summed E-state index contributed by atoms with van der Waals surface area (Å²) >= 11 is 7.18. The Bertz CT molecular complexity index is 327.